The molecule has 0 fully saturated rings. The van der Waals surface area contributed by atoms with Gasteiger partial charge in [-0.25, -0.2) is 0 Å². The monoisotopic (exact) mass is 289 g/mol. The summed E-state index contributed by atoms with van der Waals surface area (Å²) in [4.78, 5) is 12.8. The molecule has 106 valence electrons. The SMILES string of the molecule is Cc1cccc(C(NC(=O)c2cnns2)C(C)(C)C)c1. The average Bonchev–Trinajstić information content (AvgIpc) is 2.88. The molecular weight excluding hydrogens is 270 g/mol. The van der Waals surface area contributed by atoms with Gasteiger partial charge in [0.05, 0.1) is 12.2 Å². The molecule has 0 spiro atoms. The number of aryl methyl sites for hydroxylation is 1. The zero-order valence-electron chi connectivity index (χ0n) is 12.2. The van der Waals surface area contributed by atoms with Gasteiger partial charge in [0.25, 0.3) is 5.91 Å². The summed E-state index contributed by atoms with van der Waals surface area (Å²) in [6.07, 6.45) is 1.50. The van der Waals surface area contributed by atoms with Gasteiger partial charge in [0.15, 0.2) is 0 Å². The van der Waals surface area contributed by atoms with Crippen molar-refractivity contribution in [1.82, 2.24) is 14.9 Å². The van der Waals surface area contributed by atoms with Gasteiger partial charge < -0.3 is 5.32 Å². The van der Waals surface area contributed by atoms with Gasteiger partial charge in [0, 0.05) is 0 Å². The largest absolute Gasteiger partial charge is 0.344 e. The lowest BCUT2D eigenvalue weighted by molar-refractivity contribution is 0.0905. The van der Waals surface area contributed by atoms with E-state index in [0.29, 0.717) is 4.88 Å². The normalized spacial score (nSPS) is 13.0. The predicted octanol–water partition coefficient (Wildman–Crippen LogP) is 3.36. The quantitative estimate of drug-likeness (QED) is 0.942. The van der Waals surface area contributed by atoms with Gasteiger partial charge in [-0.1, -0.05) is 55.1 Å². The van der Waals surface area contributed by atoms with Crippen LogP contribution in [0.15, 0.2) is 30.5 Å². The Labute approximate surface area is 123 Å². The van der Waals surface area contributed by atoms with Gasteiger partial charge in [-0.2, -0.15) is 0 Å². The molecule has 0 radical (unpaired) electrons. The summed E-state index contributed by atoms with van der Waals surface area (Å²) >= 11 is 1.11. The molecule has 1 N–H and O–H groups in total. The minimum absolute atomic E-state index is 0.0583. The third-order valence-corrected chi connectivity index (χ3v) is 3.77. The fourth-order valence-electron chi connectivity index (χ4n) is 2.12. The van der Waals surface area contributed by atoms with Crippen LogP contribution in [0.25, 0.3) is 0 Å². The number of nitrogens with zero attached hydrogens (tertiary/aromatic N) is 2. The molecule has 1 unspecified atom stereocenters. The highest BCUT2D eigenvalue weighted by atomic mass is 32.1. The first-order valence-electron chi connectivity index (χ1n) is 6.53. The van der Waals surface area contributed by atoms with E-state index in [0.717, 1.165) is 17.1 Å². The van der Waals surface area contributed by atoms with E-state index in [9.17, 15) is 4.79 Å². The average molecular weight is 289 g/mol. The fraction of sp³-hybridized carbons (Fsp3) is 0.400. The minimum Gasteiger partial charge on any atom is -0.344 e. The molecule has 2 aromatic rings. The predicted molar refractivity (Wildman–Crippen MR) is 80.8 cm³/mol. The van der Waals surface area contributed by atoms with Crippen molar-refractivity contribution < 1.29 is 4.79 Å². The molecule has 0 aliphatic rings. The number of aromatic nitrogens is 2. The molecule has 20 heavy (non-hydrogen) atoms. The summed E-state index contributed by atoms with van der Waals surface area (Å²) in [6, 6.07) is 8.18. The Morgan fingerprint density at radius 1 is 1.35 bits per heavy atom. The van der Waals surface area contributed by atoms with Crippen molar-refractivity contribution >= 4 is 17.4 Å². The van der Waals surface area contributed by atoms with Crippen LogP contribution in [0.5, 0.6) is 0 Å². The molecule has 0 aliphatic carbocycles. The summed E-state index contributed by atoms with van der Waals surface area (Å²) in [6.45, 7) is 8.40. The second kappa shape index (κ2) is 5.71. The lowest BCUT2D eigenvalue weighted by Crippen LogP contribution is -2.36. The van der Waals surface area contributed by atoms with Crippen LogP contribution < -0.4 is 5.32 Å². The van der Waals surface area contributed by atoms with Crippen molar-refractivity contribution in [2.24, 2.45) is 5.41 Å². The van der Waals surface area contributed by atoms with Crippen LogP contribution in [0, 0.1) is 12.3 Å². The van der Waals surface area contributed by atoms with E-state index in [1.54, 1.807) is 0 Å². The van der Waals surface area contributed by atoms with E-state index in [1.165, 1.54) is 11.8 Å². The fourth-order valence-corrected chi connectivity index (χ4v) is 2.54. The first-order chi connectivity index (χ1) is 9.38. The van der Waals surface area contributed by atoms with Crippen LogP contribution in [0.1, 0.15) is 47.6 Å². The Morgan fingerprint density at radius 3 is 2.65 bits per heavy atom. The second-order valence-electron chi connectivity index (χ2n) is 5.97. The molecule has 1 atom stereocenters. The van der Waals surface area contributed by atoms with E-state index >= 15 is 0 Å². The van der Waals surface area contributed by atoms with Crippen molar-refractivity contribution in [2.45, 2.75) is 33.7 Å². The molecule has 0 bridgehead atoms. The summed E-state index contributed by atoms with van der Waals surface area (Å²) in [5.41, 5.74) is 2.22. The van der Waals surface area contributed by atoms with E-state index < -0.39 is 0 Å². The number of carbonyl (C=O) groups excluding carboxylic acids is 1. The third kappa shape index (κ3) is 3.42. The number of nitrogens with one attached hydrogen (secondary N) is 1. The molecule has 1 aromatic carbocycles. The van der Waals surface area contributed by atoms with Crippen molar-refractivity contribution in [3.63, 3.8) is 0 Å². The van der Waals surface area contributed by atoms with E-state index in [4.69, 9.17) is 0 Å². The molecule has 0 aliphatic heterocycles. The maximum atomic E-state index is 12.2. The number of benzene rings is 1. The number of hydrogen-bond acceptors (Lipinski definition) is 4. The molecule has 5 heteroatoms. The number of carbonyl (C=O) groups is 1. The Morgan fingerprint density at radius 2 is 2.10 bits per heavy atom. The standard InChI is InChI=1S/C15H19N3OS/c1-10-6-5-7-11(8-10)13(15(2,3)4)17-14(19)12-9-16-18-20-12/h5-9,13H,1-4H3,(H,17,19). The van der Waals surface area contributed by atoms with Crippen molar-refractivity contribution in [3.8, 4) is 0 Å². The molecule has 1 heterocycles. The Bertz CT molecular complexity index is 587. The number of rotatable bonds is 3. The number of hydrogen-bond donors (Lipinski definition) is 1. The third-order valence-electron chi connectivity index (χ3n) is 3.10. The molecule has 0 saturated carbocycles. The Balaban J connectivity index is 2.28. The summed E-state index contributed by atoms with van der Waals surface area (Å²) < 4.78 is 3.73. The van der Waals surface area contributed by atoms with Crippen LogP contribution in [0.4, 0.5) is 0 Å². The summed E-state index contributed by atoms with van der Waals surface area (Å²) in [5, 5.41) is 6.80. The second-order valence-corrected chi connectivity index (χ2v) is 6.75. The van der Waals surface area contributed by atoms with Crippen molar-refractivity contribution in [2.75, 3.05) is 0 Å². The maximum absolute atomic E-state index is 12.2. The summed E-state index contributed by atoms with van der Waals surface area (Å²) in [5.74, 6) is -0.124. The van der Waals surface area contributed by atoms with E-state index in [2.05, 4.69) is 54.7 Å². The Hall–Kier alpha value is -1.75. The lowest BCUT2D eigenvalue weighted by atomic mass is 9.82. The highest BCUT2D eigenvalue weighted by Crippen LogP contribution is 2.33. The van der Waals surface area contributed by atoms with Gasteiger partial charge in [-0.3, -0.25) is 4.79 Å². The Kier molecular flexibility index (Phi) is 4.18. The van der Waals surface area contributed by atoms with Crippen LogP contribution >= 0.6 is 11.5 Å². The van der Waals surface area contributed by atoms with Gasteiger partial charge in [0.1, 0.15) is 4.88 Å². The van der Waals surface area contributed by atoms with Crippen LogP contribution in [-0.4, -0.2) is 15.5 Å². The minimum atomic E-state index is -0.124. The molecule has 1 aromatic heterocycles. The topological polar surface area (TPSA) is 54.9 Å². The number of amides is 1. The first kappa shape index (κ1) is 14.7. The molecular formula is C15H19N3OS. The first-order valence-corrected chi connectivity index (χ1v) is 7.30. The van der Waals surface area contributed by atoms with Gasteiger partial charge >= 0.3 is 0 Å². The van der Waals surface area contributed by atoms with Crippen LogP contribution in [-0.2, 0) is 0 Å². The van der Waals surface area contributed by atoms with Gasteiger partial charge in [-0.15, -0.1) is 5.10 Å². The van der Waals surface area contributed by atoms with Gasteiger partial charge in [0.2, 0.25) is 0 Å². The molecule has 2 rings (SSSR count). The van der Waals surface area contributed by atoms with Gasteiger partial charge in [-0.05, 0) is 29.4 Å². The highest BCUT2D eigenvalue weighted by Gasteiger charge is 2.28. The van der Waals surface area contributed by atoms with E-state index in [1.807, 2.05) is 12.1 Å². The molecule has 1 amide bonds. The van der Waals surface area contributed by atoms with Crippen LogP contribution in [0.2, 0.25) is 0 Å². The zero-order valence-corrected chi connectivity index (χ0v) is 13.0. The van der Waals surface area contributed by atoms with E-state index in [-0.39, 0.29) is 17.4 Å². The van der Waals surface area contributed by atoms with Crippen molar-refractivity contribution in [3.05, 3.63) is 46.5 Å². The lowest BCUT2D eigenvalue weighted by Gasteiger charge is -2.32. The highest BCUT2D eigenvalue weighted by molar-refractivity contribution is 7.07. The maximum Gasteiger partial charge on any atom is 0.265 e. The molecule has 0 saturated heterocycles. The van der Waals surface area contributed by atoms with Crippen molar-refractivity contribution in [1.29, 1.82) is 0 Å². The molecule has 4 nitrogen and oxygen atoms in total. The summed E-state index contributed by atoms with van der Waals surface area (Å²) in [7, 11) is 0. The van der Waals surface area contributed by atoms with Crippen LogP contribution in [0.3, 0.4) is 0 Å². The zero-order chi connectivity index (χ0) is 14.8. The smallest absolute Gasteiger partial charge is 0.265 e.